The van der Waals surface area contributed by atoms with Crippen molar-refractivity contribution >= 4 is 23.4 Å². The highest BCUT2D eigenvalue weighted by Crippen LogP contribution is 2.47. The van der Waals surface area contributed by atoms with Gasteiger partial charge >= 0.3 is 0 Å². The first-order valence-corrected chi connectivity index (χ1v) is 9.90. The van der Waals surface area contributed by atoms with Gasteiger partial charge in [0, 0.05) is 42.3 Å². The van der Waals surface area contributed by atoms with E-state index in [1.54, 1.807) is 6.07 Å². The zero-order valence-electron chi connectivity index (χ0n) is 15.9. The minimum atomic E-state index is -0.469. The summed E-state index contributed by atoms with van der Waals surface area (Å²) in [6, 6.07) is 6.33. The van der Waals surface area contributed by atoms with Crippen LogP contribution in [0.2, 0.25) is 0 Å². The number of ketones is 1. The molecule has 1 atom stereocenters. The average Bonchev–Trinajstić information content (AvgIpc) is 2.73. The van der Waals surface area contributed by atoms with Crippen LogP contribution in [0.15, 0.2) is 35.5 Å². The van der Waals surface area contributed by atoms with Crippen molar-refractivity contribution in [2.45, 2.75) is 25.2 Å². The number of fused-ring (bicyclic) bond motifs is 1. The van der Waals surface area contributed by atoms with Gasteiger partial charge in [0.1, 0.15) is 17.5 Å². The Morgan fingerprint density at radius 1 is 1.21 bits per heavy atom. The smallest absolute Gasteiger partial charge is 0.229 e. The molecule has 1 aliphatic carbocycles. The van der Waals surface area contributed by atoms with E-state index >= 15 is 0 Å². The molecule has 3 N–H and O–H groups in total. The number of benzene rings is 1. The van der Waals surface area contributed by atoms with Gasteiger partial charge in [0.25, 0.3) is 0 Å². The number of ether oxygens (including phenoxy) is 1. The summed E-state index contributed by atoms with van der Waals surface area (Å²) in [5, 5.41) is 3.34. The van der Waals surface area contributed by atoms with Crippen LogP contribution < -0.4 is 16.0 Å². The van der Waals surface area contributed by atoms with Crippen molar-refractivity contribution in [3.63, 3.8) is 0 Å². The maximum atomic E-state index is 14.0. The molecule has 2 aromatic rings. The Balaban J connectivity index is 1.67. The lowest BCUT2D eigenvalue weighted by molar-refractivity contribution is -0.116. The Kier molecular flexibility index (Phi) is 4.43. The molecule has 150 valence electrons. The number of carbonyl (C=O) groups is 1. The van der Waals surface area contributed by atoms with Gasteiger partial charge in [-0.3, -0.25) is 4.79 Å². The van der Waals surface area contributed by atoms with Gasteiger partial charge in [-0.25, -0.2) is 4.39 Å². The lowest BCUT2D eigenvalue weighted by Gasteiger charge is -2.35. The molecule has 0 amide bonds. The third-order valence-electron chi connectivity index (χ3n) is 5.74. The first kappa shape index (κ1) is 18.1. The highest BCUT2D eigenvalue weighted by molar-refractivity contribution is 6.01. The van der Waals surface area contributed by atoms with Gasteiger partial charge in [0.2, 0.25) is 5.95 Å². The van der Waals surface area contributed by atoms with Crippen LogP contribution in [0.1, 0.15) is 36.3 Å². The highest BCUT2D eigenvalue weighted by Gasteiger charge is 2.38. The van der Waals surface area contributed by atoms with E-state index in [0.29, 0.717) is 67.0 Å². The summed E-state index contributed by atoms with van der Waals surface area (Å²) in [6.07, 6.45) is 2.02. The second-order valence-corrected chi connectivity index (χ2v) is 7.55. The van der Waals surface area contributed by atoms with Gasteiger partial charge < -0.3 is 20.7 Å². The molecule has 1 aromatic heterocycles. The van der Waals surface area contributed by atoms with Crippen LogP contribution in [0.25, 0.3) is 0 Å². The molecule has 0 bridgehead atoms. The standard InChI is InChI=1S/C21H22FN5O2/c22-13-4-1-3-12(11-13)16-17-14(5-2-6-15(17)28)24-20-18(16)19(23)25-21(26-20)27-7-9-29-10-8-27/h1,3-4,11,16H,2,5-10H2,(H3,23,24,25,26)/t16-/m0/s1. The van der Waals surface area contributed by atoms with Gasteiger partial charge in [0.15, 0.2) is 5.78 Å². The number of nitrogens with one attached hydrogen (secondary N) is 1. The Bertz CT molecular complexity index is 1020. The molecule has 1 saturated heterocycles. The molecule has 29 heavy (non-hydrogen) atoms. The van der Waals surface area contributed by atoms with Gasteiger partial charge in [-0.2, -0.15) is 9.97 Å². The van der Waals surface area contributed by atoms with Gasteiger partial charge in [-0.1, -0.05) is 12.1 Å². The van der Waals surface area contributed by atoms with E-state index in [-0.39, 0.29) is 11.6 Å². The van der Waals surface area contributed by atoms with Crippen LogP contribution in [-0.4, -0.2) is 42.1 Å². The zero-order valence-corrected chi connectivity index (χ0v) is 15.9. The van der Waals surface area contributed by atoms with Crippen LogP contribution in [0, 0.1) is 5.82 Å². The van der Waals surface area contributed by atoms with Crippen molar-refractivity contribution in [1.29, 1.82) is 0 Å². The lowest BCUT2D eigenvalue weighted by atomic mass is 9.76. The fraction of sp³-hybridized carbons (Fsp3) is 0.381. The molecule has 1 aromatic carbocycles. The molecule has 2 aliphatic heterocycles. The number of allylic oxidation sites excluding steroid dienone is 2. The Hall–Kier alpha value is -3.00. The number of hydrogen-bond acceptors (Lipinski definition) is 7. The van der Waals surface area contributed by atoms with E-state index < -0.39 is 5.92 Å². The molecule has 5 rings (SSSR count). The Morgan fingerprint density at radius 3 is 2.83 bits per heavy atom. The summed E-state index contributed by atoms with van der Waals surface area (Å²) in [7, 11) is 0. The number of nitrogen functional groups attached to an aromatic ring is 1. The van der Waals surface area contributed by atoms with Crippen LogP contribution in [0.3, 0.4) is 0 Å². The molecule has 0 saturated carbocycles. The molecule has 0 spiro atoms. The van der Waals surface area contributed by atoms with Crippen molar-refractivity contribution in [1.82, 2.24) is 9.97 Å². The molecule has 7 nitrogen and oxygen atoms in total. The number of morpholine rings is 1. The third-order valence-corrected chi connectivity index (χ3v) is 5.74. The second-order valence-electron chi connectivity index (χ2n) is 7.55. The molecule has 1 fully saturated rings. The van der Waals surface area contributed by atoms with E-state index in [1.807, 2.05) is 11.0 Å². The Labute approximate surface area is 167 Å². The van der Waals surface area contributed by atoms with Crippen molar-refractivity contribution in [3.05, 3.63) is 52.5 Å². The predicted octanol–water partition coefficient (Wildman–Crippen LogP) is 2.60. The molecule has 8 heteroatoms. The number of halogens is 1. The topological polar surface area (TPSA) is 93.4 Å². The van der Waals surface area contributed by atoms with E-state index in [9.17, 15) is 9.18 Å². The molecule has 0 unspecified atom stereocenters. The van der Waals surface area contributed by atoms with E-state index in [2.05, 4.69) is 10.3 Å². The second kappa shape index (κ2) is 7.11. The van der Waals surface area contributed by atoms with E-state index in [1.165, 1.54) is 12.1 Å². The van der Waals surface area contributed by atoms with E-state index in [0.717, 1.165) is 18.5 Å². The number of rotatable bonds is 2. The minimum absolute atomic E-state index is 0.0651. The number of hydrogen-bond donors (Lipinski definition) is 2. The van der Waals surface area contributed by atoms with Gasteiger partial charge in [0.05, 0.1) is 13.2 Å². The first-order valence-electron chi connectivity index (χ1n) is 9.90. The number of Topliss-reactive ketones (excluding diaryl/α,β-unsaturated/α-hetero) is 1. The molecule has 3 aliphatic rings. The minimum Gasteiger partial charge on any atom is -0.383 e. The zero-order chi connectivity index (χ0) is 20.0. The fourth-order valence-corrected chi connectivity index (χ4v) is 4.39. The van der Waals surface area contributed by atoms with Gasteiger partial charge in [-0.15, -0.1) is 0 Å². The summed E-state index contributed by atoms with van der Waals surface area (Å²) in [4.78, 5) is 24.2. The lowest BCUT2D eigenvalue weighted by Crippen LogP contribution is -2.38. The highest BCUT2D eigenvalue weighted by atomic mass is 19.1. The average molecular weight is 395 g/mol. The van der Waals surface area contributed by atoms with Crippen LogP contribution in [0.4, 0.5) is 22.0 Å². The van der Waals surface area contributed by atoms with Crippen molar-refractivity contribution in [3.8, 4) is 0 Å². The number of anilines is 3. The number of aromatic nitrogens is 2. The SMILES string of the molecule is Nc1nc(N2CCOCC2)nc2c1[C@@H](c1cccc(F)c1)C1=C(CCCC1=O)N2. The van der Waals surface area contributed by atoms with Crippen LogP contribution in [-0.2, 0) is 9.53 Å². The largest absolute Gasteiger partial charge is 0.383 e. The summed E-state index contributed by atoms with van der Waals surface area (Å²) >= 11 is 0. The number of nitrogens with two attached hydrogens (primary N) is 1. The van der Waals surface area contributed by atoms with Gasteiger partial charge in [-0.05, 0) is 30.5 Å². The van der Waals surface area contributed by atoms with Crippen molar-refractivity contribution < 1.29 is 13.9 Å². The number of carbonyl (C=O) groups excluding carboxylic acids is 1. The Morgan fingerprint density at radius 2 is 2.03 bits per heavy atom. The summed E-state index contributed by atoms with van der Waals surface area (Å²) in [5.41, 5.74) is 9.24. The maximum Gasteiger partial charge on any atom is 0.229 e. The summed E-state index contributed by atoms with van der Waals surface area (Å²) in [5.74, 6) is 0.697. The first-order chi connectivity index (χ1) is 14.1. The van der Waals surface area contributed by atoms with Crippen LogP contribution in [0.5, 0.6) is 0 Å². The molecule has 3 heterocycles. The van der Waals surface area contributed by atoms with Crippen molar-refractivity contribution in [2.75, 3.05) is 42.3 Å². The van der Waals surface area contributed by atoms with Crippen molar-refractivity contribution in [2.24, 2.45) is 0 Å². The molecule has 0 radical (unpaired) electrons. The molecular weight excluding hydrogens is 373 g/mol. The normalized spacial score (nSPS) is 21.5. The van der Waals surface area contributed by atoms with Crippen LogP contribution >= 0.6 is 0 Å². The quantitative estimate of drug-likeness (QED) is 0.807. The molecular formula is C21H22FN5O2. The third kappa shape index (κ3) is 3.13. The fourth-order valence-electron chi connectivity index (χ4n) is 4.39. The summed E-state index contributed by atoms with van der Waals surface area (Å²) in [6.45, 7) is 2.61. The summed E-state index contributed by atoms with van der Waals surface area (Å²) < 4.78 is 19.4. The maximum absolute atomic E-state index is 14.0. The van der Waals surface area contributed by atoms with E-state index in [4.69, 9.17) is 15.5 Å². The monoisotopic (exact) mass is 395 g/mol. The number of nitrogens with zero attached hydrogens (tertiary/aromatic N) is 3. The predicted molar refractivity (Wildman–Crippen MR) is 107 cm³/mol.